The van der Waals surface area contributed by atoms with E-state index in [1.165, 1.54) is 0 Å². The number of carbonyl (C=O) groups excluding carboxylic acids is 1. The van der Waals surface area contributed by atoms with E-state index in [4.69, 9.17) is 9.47 Å². The Morgan fingerprint density at radius 3 is 2.85 bits per heavy atom. The van der Waals surface area contributed by atoms with Crippen molar-refractivity contribution in [2.24, 2.45) is 7.05 Å². The van der Waals surface area contributed by atoms with Crippen molar-refractivity contribution < 1.29 is 14.3 Å². The Bertz CT molecular complexity index is 1270. The van der Waals surface area contributed by atoms with Gasteiger partial charge in [0.2, 0.25) is 0 Å². The second kappa shape index (κ2) is 8.87. The molecule has 1 saturated heterocycles. The molecule has 1 aliphatic rings. The number of aromatic nitrogens is 4. The highest BCUT2D eigenvalue weighted by Gasteiger charge is 2.29. The number of rotatable bonds is 5. The molecule has 0 spiro atoms. The molecule has 1 fully saturated rings. The summed E-state index contributed by atoms with van der Waals surface area (Å²) < 4.78 is 13.3. The molecule has 0 radical (unpaired) electrons. The molecule has 9 nitrogen and oxygen atoms in total. The van der Waals surface area contributed by atoms with E-state index in [2.05, 4.69) is 20.3 Å². The molecule has 1 aliphatic heterocycles. The first-order chi connectivity index (χ1) is 16.1. The van der Waals surface area contributed by atoms with Crippen molar-refractivity contribution >= 4 is 28.3 Å². The van der Waals surface area contributed by atoms with Crippen LogP contribution in [0.3, 0.4) is 0 Å². The first-order valence-corrected chi connectivity index (χ1v) is 10.7. The fourth-order valence-electron chi connectivity index (χ4n) is 4.07. The maximum Gasteiger partial charge on any atom is 0.270 e. The maximum absolute atomic E-state index is 13.4. The van der Waals surface area contributed by atoms with Gasteiger partial charge < -0.3 is 24.3 Å². The van der Waals surface area contributed by atoms with Gasteiger partial charge in [0.15, 0.2) is 0 Å². The Morgan fingerprint density at radius 2 is 2.09 bits per heavy atom. The molecule has 0 saturated carbocycles. The van der Waals surface area contributed by atoms with Gasteiger partial charge >= 0.3 is 0 Å². The number of amides is 1. The molecule has 0 bridgehead atoms. The Hall–Kier alpha value is -3.98. The molecule has 1 atom stereocenters. The smallest absolute Gasteiger partial charge is 0.270 e. The fourth-order valence-corrected chi connectivity index (χ4v) is 4.07. The molecule has 33 heavy (non-hydrogen) atoms. The third-order valence-electron chi connectivity index (χ3n) is 5.79. The minimum Gasteiger partial charge on any atom is -0.496 e. The first kappa shape index (κ1) is 20.9. The molecular formula is C24H24N6O3. The van der Waals surface area contributed by atoms with E-state index in [0.717, 1.165) is 28.0 Å². The van der Waals surface area contributed by atoms with Crippen LogP contribution in [0.2, 0.25) is 0 Å². The van der Waals surface area contributed by atoms with E-state index < -0.39 is 0 Å². The highest BCUT2D eigenvalue weighted by molar-refractivity contribution is 6.00. The predicted molar refractivity (Wildman–Crippen MR) is 124 cm³/mol. The van der Waals surface area contributed by atoms with Gasteiger partial charge in [-0.25, -0.2) is 4.98 Å². The molecule has 5 rings (SSSR count). The van der Waals surface area contributed by atoms with Crippen LogP contribution in [0.4, 0.5) is 11.5 Å². The number of benzene rings is 1. The van der Waals surface area contributed by atoms with Crippen LogP contribution in [0.25, 0.3) is 10.9 Å². The van der Waals surface area contributed by atoms with Gasteiger partial charge in [0.05, 0.1) is 49.6 Å². The van der Waals surface area contributed by atoms with E-state index in [1.54, 1.807) is 31.9 Å². The molecule has 9 heteroatoms. The number of hydrogen-bond donors (Lipinski definition) is 1. The number of anilines is 2. The normalized spacial score (nSPS) is 16.1. The van der Waals surface area contributed by atoms with Crippen LogP contribution < -0.4 is 10.1 Å². The van der Waals surface area contributed by atoms with Crippen molar-refractivity contribution in [3.8, 4) is 5.75 Å². The number of ether oxygens (including phenoxy) is 2. The topological polar surface area (TPSA) is 94.4 Å². The quantitative estimate of drug-likeness (QED) is 0.505. The lowest BCUT2D eigenvalue weighted by atomic mass is 10.1. The summed E-state index contributed by atoms with van der Waals surface area (Å²) >= 11 is 0. The van der Waals surface area contributed by atoms with E-state index in [9.17, 15) is 4.79 Å². The van der Waals surface area contributed by atoms with Crippen molar-refractivity contribution in [2.45, 2.75) is 6.10 Å². The van der Waals surface area contributed by atoms with Crippen LogP contribution in [-0.4, -0.2) is 57.1 Å². The highest BCUT2D eigenvalue weighted by Crippen LogP contribution is 2.30. The lowest BCUT2D eigenvalue weighted by molar-refractivity contribution is -0.0250. The summed E-state index contributed by atoms with van der Waals surface area (Å²) in [5.41, 5.74) is 3.14. The average molecular weight is 444 g/mol. The highest BCUT2D eigenvalue weighted by atomic mass is 16.5. The summed E-state index contributed by atoms with van der Waals surface area (Å²) in [4.78, 5) is 28.0. The lowest BCUT2D eigenvalue weighted by Gasteiger charge is -2.32. The fraction of sp³-hybridized carbons (Fsp3) is 0.250. The van der Waals surface area contributed by atoms with Gasteiger partial charge in [0.25, 0.3) is 5.91 Å². The zero-order valence-electron chi connectivity index (χ0n) is 18.4. The molecule has 1 N–H and O–H groups in total. The SMILES string of the molecule is COc1cccc2c1cc(C(=O)N1CCOC(c3ccc(Nc4cnccn4)cn3)C1)n2C. The van der Waals surface area contributed by atoms with E-state index >= 15 is 0 Å². The van der Waals surface area contributed by atoms with Crippen molar-refractivity contribution in [3.63, 3.8) is 0 Å². The van der Waals surface area contributed by atoms with Crippen LogP contribution in [0.15, 0.2) is 61.2 Å². The van der Waals surface area contributed by atoms with Crippen molar-refractivity contribution in [2.75, 3.05) is 32.1 Å². The predicted octanol–water partition coefficient (Wildman–Crippen LogP) is 3.33. The zero-order chi connectivity index (χ0) is 22.8. The number of morpholine rings is 1. The number of nitrogens with one attached hydrogen (secondary N) is 1. The third-order valence-corrected chi connectivity index (χ3v) is 5.79. The van der Waals surface area contributed by atoms with Gasteiger partial charge in [-0.15, -0.1) is 0 Å². The summed E-state index contributed by atoms with van der Waals surface area (Å²) in [6, 6.07) is 11.5. The van der Waals surface area contributed by atoms with Crippen molar-refractivity contribution in [1.29, 1.82) is 0 Å². The van der Waals surface area contributed by atoms with Gasteiger partial charge in [-0.3, -0.25) is 14.8 Å². The minimum atomic E-state index is -0.294. The van der Waals surface area contributed by atoms with Gasteiger partial charge in [-0.05, 0) is 30.3 Å². The van der Waals surface area contributed by atoms with Crippen LogP contribution in [-0.2, 0) is 11.8 Å². The average Bonchev–Trinajstić information content (AvgIpc) is 3.21. The lowest BCUT2D eigenvalue weighted by Crippen LogP contribution is -2.43. The van der Waals surface area contributed by atoms with E-state index in [-0.39, 0.29) is 12.0 Å². The van der Waals surface area contributed by atoms with Gasteiger partial charge in [0.1, 0.15) is 23.4 Å². The molecule has 0 aliphatic carbocycles. The number of methoxy groups -OCH3 is 1. The number of hydrogen-bond acceptors (Lipinski definition) is 7. The zero-order valence-corrected chi connectivity index (χ0v) is 18.4. The number of pyridine rings is 1. The summed E-state index contributed by atoms with van der Waals surface area (Å²) in [5.74, 6) is 1.36. The largest absolute Gasteiger partial charge is 0.496 e. The molecule has 1 amide bonds. The Kier molecular flexibility index (Phi) is 5.62. The number of carbonyl (C=O) groups is 1. The summed E-state index contributed by atoms with van der Waals surface area (Å²) in [5, 5.41) is 4.08. The van der Waals surface area contributed by atoms with Crippen LogP contribution in [0, 0.1) is 0 Å². The summed E-state index contributed by atoms with van der Waals surface area (Å²) in [7, 11) is 3.54. The molecule has 168 valence electrons. The summed E-state index contributed by atoms with van der Waals surface area (Å²) in [6.45, 7) is 1.41. The van der Waals surface area contributed by atoms with E-state index in [0.29, 0.717) is 31.2 Å². The first-order valence-electron chi connectivity index (χ1n) is 10.7. The summed E-state index contributed by atoms with van der Waals surface area (Å²) in [6.07, 6.45) is 6.32. The van der Waals surface area contributed by atoms with Crippen LogP contribution in [0.5, 0.6) is 5.75 Å². The van der Waals surface area contributed by atoms with Crippen molar-refractivity contribution in [1.82, 2.24) is 24.4 Å². The number of aryl methyl sites for hydroxylation is 1. The standard InChI is InChI=1S/C24H24N6O3/c1-29-19-4-3-5-21(32-2)17(19)12-20(29)24(31)30-10-11-33-22(15-30)18-7-6-16(13-27-18)28-23-14-25-8-9-26-23/h3-9,12-14,22H,10-11,15H2,1-2H3,(H,26,28). The molecular weight excluding hydrogens is 420 g/mol. The van der Waals surface area contributed by atoms with Gasteiger partial charge in [-0.1, -0.05) is 6.07 Å². The molecule has 1 aromatic carbocycles. The molecule has 4 aromatic rings. The monoisotopic (exact) mass is 444 g/mol. The van der Waals surface area contributed by atoms with Crippen LogP contribution >= 0.6 is 0 Å². The Balaban J connectivity index is 1.32. The Morgan fingerprint density at radius 1 is 1.18 bits per heavy atom. The molecule has 1 unspecified atom stereocenters. The second-order valence-corrected chi connectivity index (χ2v) is 7.78. The van der Waals surface area contributed by atoms with Crippen molar-refractivity contribution in [3.05, 3.63) is 72.6 Å². The van der Waals surface area contributed by atoms with Gasteiger partial charge in [-0.2, -0.15) is 0 Å². The number of fused-ring (bicyclic) bond motifs is 1. The molecule has 3 aromatic heterocycles. The number of nitrogens with zero attached hydrogens (tertiary/aromatic N) is 5. The third kappa shape index (κ3) is 4.10. The maximum atomic E-state index is 13.4. The Labute approximate surface area is 191 Å². The van der Waals surface area contributed by atoms with Gasteiger partial charge in [0, 0.05) is 31.4 Å². The minimum absolute atomic E-state index is 0.0370. The van der Waals surface area contributed by atoms with Crippen LogP contribution in [0.1, 0.15) is 22.3 Å². The second-order valence-electron chi connectivity index (χ2n) is 7.78. The van der Waals surface area contributed by atoms with E-state index in [1.807, 2.05) is 52.9 Å². The molecule has 4 heterocycles.